The van der Waals surface area contributed by atoms with Crippen LogP contribution >= 0.6 is 0 Å². The van der Waals surface area contributed by atoms with Gasteiger partial charge in [0.15, 0.2) is 6.10 Å². The summed E-state index contributed by atoms with van der Waals surface area (Å²) in [6.45, 7) is 6.63. The zero-order chi connectivity index (χ0) is 57.1. The van der Waals surface area contributed by atoms with E-state index >= 15 is 0 Å². The van der Waals surface area contributed by atoms with Crippen molar-refractivity contribution < 1.29 is 28.6 Å². The molecular formula is C73H130O6. The summed E-state index contributed by atoms with van der Waals surface area (Å²) in [5, 5.41) is 0. The smallest absolute Gasteiger partial charge is 0.306 e. The molecule has 0 aromatic carbocycles. The first kappa shape index (κ1) is 75.8. The molecule has 6 nitrogen and oxygen atoms in total. The van der Waals surface area contributed by atoms with Crippen LogP contribution in [-0.4, -0.2) is 37.2 Å². The van der Waals surface area contributed by atoms with Crippen LogP contribution in [0.1, 0.15) is 355 Å². The summed E-state index contributed by atoms with van der Waals surface area (Å²) >= 11 is 0. The normalized spacial score (nSPS) is 12.5. The lowest BCUT2D eigenvalue weighted by Crippen LogP contribution is -2.30. The highest BCUT2D eigenvalue weighted by atomic mass is 16.6. The van der Waals surface area contributed by atoms with Crippen molar-refractivity contribution in [2.24, 2.45) is 0 Å². The van der Waals surface area contributed by atoms with E-state index < -0.39 is 6.10 Å². The minimum absolute atomic E-state index is 0.0811. The highest BCUT2D eigenvalue weighted by molar-refractivity contribution is 5.71. The van der Waals surface area contributed by atoms with Gasteiger partial charge in [0.2, 0.25) is 0 Å². The quantitative estimate of drug-likeness (QED) is 0.0261. The zero-order valence-electron chi connectivity index (χ0n) is 52.6. The minimum Gasteiger partial charge on any atom is -0.462 e. The number of carbonyl (C=O) groups is 3. The van der Waals surface area contributed by atoms with Gasteiger partial charge in [-0.1, -0.05) is 293 Å². The van der Waals surface area contributed by atoms with Crippen LogP contribution in [0.15, 0.2) is 72.9 Å². The van der Waals surface area contributed by atoms with E-state index in [1.165, 1.54) is 225 Å². The first-order valence-corrected chi connectivity index (χ1v) is 34.4. The van der Waals surface area contributed by atoms with Crippen LogP contribution in [0.5, 0.6) is 0 Å². The monoisotopic (exact) mass is 1100 g/mol. The number of rotatable bonds is 63. The molecule has 0 aliphatic carbocycles. The van der Waals surface area contributed by atoms with Gasteiger partial charge in [-0.3, -0.25) is 14.4 Å². The van der Waals surface area contributed by atoms with Crippen molar-refractivity contribution in [2.75, 3.05) is 13.2 Å². The minimum atomic E-state index is -0.786. The summed E-state index contributed by atoms with van der Waals surface area (Å²) in [4.78, 5) is 38.4. The highest BCUT2D eigenvalue weighted by Gasteiger charge is 2.19. The van der Waals surface area contributed by atoms with E-state index in [9.17, 15) is 14.4 Å². The molecule has 0 amide bonds. The summed E-state index contributed by atoms with van der Waals surface area (Å²) in [5.41, 5.74) is 0. The lowest BCUT2D eigenvalue weighted by molar-refractivity contribution is -0.167. The Morgan fingerprint density at radius 3 is 0.747 bits per heavy atom. The van der Waals surface area contributed by atoms with Gasteiger partial charge in [0.05, 0.1) is 0 Å². The van der Waals surface area contributed by atoms with Gasteiger partial charge in [0, 0.05) is 19.3 Å². The molecule has 0 aromatic rings. The number of unbranched alkanes of at least 4 members (excludes halogenated alkanes) is 40. The highest BCUT2D eigenvalue weighted by Crippen LogP contribution is 2.17. The standard InChI is InChI=1S/C73H130O6/c1-4-7-10-13-16-19-22-25-28-30-32-34-35-36-37-39-40-42-45-48-51-54-57-60-63-66-72(75)78-69-70(68-77-71(74)65-62-59-56-53-50-47-44-27-24-21-18-15-12-9-6-3)79-73(76)67-64-61-58-55-52-49-46-43-41-38-33-31-29-26-23-20-17-14-11-8-5-2/h18,21-22,25,27,30-33,35-36,44,70H,4-17,19-20,23-24,26,28-29,34,37-43,45-69H2,1-3H3/b21-18-,25-22-,32-30-,33-31-,36-35-,44-27-. The molecule has 0 aromatic heterocycles. The van der Waals surface area contributed by atoms with Crippen molar-refractivity contribution >= 4 is 17.9 Å². The van der Waals surface area contributed by atoms with Crippen LogP contribution in [0.4, 0.5) is 0 Å². The van der Waals surface area contributed by atoms with Crippen LogP contribution in [0.25, 0.3) is 0 Å². The van der Waals surface area contributed by atoms with E-state index in [4.69, 9.17) is 14.2 Å². The molecule has 0 N–H and O–H groups in total. The third-order valence-corrected chi connectivity index (χ3v) is 15.2. The second-order valence-corrected chi connectivity index (χ2v) is 23.1. The van der Waals surface area contributed by atoms with Crippen LogP contribution in [-0.2, 0) is 28.6 Å². The van der Waals surface area contributed by atoms with E-state index in [0.717, 1.165) is 89.9 Å². The Balaban J connectivity index is 4.34. The fourth-order valence-corrected chi connectivity index (χ4v) is 9.95. The predicted octanol–water partition coefficient (Wildman–Crippen LogP) is 23.7. The van der Waals surface area contributed by atoms with E-state index in [-0.39, 0.29) is 31.1 Å². The van der Waals surface area contributed by atoms with Crippen molar-refractivity contribution in [1.82, 2.24) is 0 Å². The maximum Gasteiger partial charge on any atom is 0.306 e. The molecule has 0 rings (SSSR count). The number of hydrogen-bond acceptors (Lipinski definition) is 6. The summed E-state index contributed by atoms with van der Waals surface area (Å²) in [6, 6.07) is 0. The number of hydrogen-bond donors (Lipinski definition) is 0. The van der Waals surface area contributed by atoms with Crippen LogP contribution in [0.3, 0.4) is 0 Å². The molecule has 0 saturated heterocycles. The molecule has 0 saturated carbocycles. The van der Waals surface area contributed by atoms with Crippen LogP contribution in [0.2, 0.25) is 0 Å². The average molecular weight is 1100 g/mol. The molecule has 79 heavy (non-hydrogen) atoms. The van der Waals surface area contributed by atoms with Crippen molar-refractivity contribution in [2.45, 2.75) is 361 Å². The SMILES string of the molecule is CCCCC/C=C\C/C=C\CCCCCCCC(=O)OCC(COC(=O)CCCCCCCCCCCC/C=C\C/C=C\C/C=C\CCCCCCC)OC(=O)CCCCCCCCCCC/C=C\CCCCCCCCCC. The maximum atomic E-state index is 12.9. The van der Waals surface area contributed by atoms with Crippen LogP contribution in [0, 0.1) is 0 Å². The molecule has 0 aliphatic heterocycles. The summed E-state index contributed by atoms with van der Waals surface area (Å²) < 4.78 is 17.0. The Labute approximate surface area is 491 Å². The molecule has 6 heteroatoms. The number of allylic oxidation sites excluding steroid dienone is 12. The van der Waals surface area contributed by atoms with Gasteiger partial charge in [-0.05, 0) is 116 Å². The van der Waals surface area contributed by atoms with Crippen molar-refractivity contribution in [3.8, 4) is 0 Å². The topological polar surface area (TPSA) is 78.9 Å². The second-order valence-electron chi connectivity index (χ2n) is 23.1. The molecule has 1 unspecified atom stereocenters. The molecule has 1 atom stereocenters. The molecule has 0 bridgehead atoms. The lowest BCUT2D eigenvalue weighted by atomic mass is 10.0. The van der Waals surface area contributed by atoms with Gasteiger partial charge in [-0.25, -0.2) is 0 Å². The molecule has 0 spiro atoms. The summed E-state index contributed by atoms with van der Waals surface area (Å²) in [7, 11) is 0. The molecular weight excluding hydrogens is 973 g/mol. The Morgan fingerprint density at radius 2 is 0.456 bits per heavy atom. The van der Waals surface area contributed by atoms with E-state index in [1.807, 2.05) is 0 Å². The molecule has 0 radical (unpaired) electrons. The molecule has 458 valence electrons. The van der Waals surface area contributed by atoms with Gasteiger partial charge in [0.25, 0.3) is 0 Å². The van der Waals surface area contributed by atoms with E-state index in [2.05, 4.69) is 93.7 Å². The van der Waals surface area contributed by atoms with Gasteiger partial charge in [-0.15, -0.1) is 0 Å². The molecule has 0 heterocycles. The fraction of sp³-hybridized carbons (Fsp3) is 0.795. The number of ether oxygens (including phenoxy) is 3. The predicted molar refractivity (Wildman–Crippen MR) is 344 cm³/mol. The van der Waals surface area contributed by atoms with Crippen LogP contribution < -0.4 is 0 Å². The second kappa shape index (κ2) is 67.4. The van der Waals surface area contributed by atoms with Gasteiger partial charge < -0.3 is 14.2 Å². The Bertz CT molecular complexity index is 1450. The largest absolute Gasteiger partial charge is 0.462 e. The van der Waals surface area contributed by atoms with Gasteiger partial charge in [-0.2, -0.15) is 0 Å². The number of carbonyl (C=O) groups excluding carboxylic acids is 3. The maximum absolute atomic E-state index is 12.9. The van der Waals surface area contributed by atoms with Gasteiger partial charge in [0.1, 0.15) is 13.2 Å². The Morgan fingerprint density at radius 1 is 0.253 bits per heavy atom. The Hall–Kier alpha value is -3.15. The summed E-state index contributed by atoms with van der Waals surface area (Å²) in [5.74, 6) is -0.883. The first-order valence-electron chi connectivity index (χ1n) is 34.4. The van der Waals surface area contributed by atoms with Gasteiger partial charge >= 0.3 is 17.9 Å². The lowest BCUT2D eigenvalue weighted by Gasteiger charge is -2.18. The van der Waals surface area contributed by atoms with Crippen molar-refractivity contribution in [3.63, 3.8) is 0 Å². The average Bonchev–Trinajstić information content (AvgIpc) is 3.45. The molecule has 0 fully saturated rings. The third-order valence-electron chi connectivity index (χ3n) is 15.2. The van der Waals surface area contributed by atoms with E-state index in [0.29, 0.717) is 19.3 Å². The van der Waals surface area contributed by atoms with Crippen molar-refractivity contribution in [1.29, 1.82) is 0 Å². The number of esters is 3. The summed E-state index contributed by atoms with van der Waals surface area (Å²) in [6.07, 6.45) is 87.7. The molecule has 0 aliphatic rings. The first-order chi connectivity index (χ1) is 39.0. The fourth-order valence-electron chi connectivity index (χ4n) is 9.95. The van der Waals surface area contributed by atoms with E-state index in [1.54, 1.807) is 0 Å². The zero-order valence-corrected chi connectivity index (χ0v) is 52.6. The van der Waals surface area contributed by atoms with Crippen molar-refractivity contribution in [3.05, 3.63) is 72.9 Å². The third kappa shape index (κ3) is 65.5. The Kier molecular flexibility index (Phi) is 64.7.